The van der Waals surface area contributed by atoms with Crippen molar-refractivity contribution in [2.45, 2.75) is 16.2 Å². The minimum atomic E-state index is 0.218. The van der Waals surface area contributed by atoms with Gasteiger partial charge in [0.1, 0.15) is 0 Å². The third kappa shape index (κ3) is 2.34. The Balaban J connectivity index is 1.71. The Labute approximate surface area is 137 Å². The monoisotopic (exact) mass is 326 g/mol. The van der Waals surface area contributed by atoms with Crippen molar-refractivity contribution in [3.63, 3.8) is 0 Å². The Hall–Kier alpha value is -1.72. The number of thioether (sulfide) groups is 2. The summed E-state index contributed by atoms with van der Waals surface area (Å²) in [7, 11) is 0. The molecular formula is C17H14N2OS2. The zero-order valence-corrected chi connectivity index (χ0v) is 13.7. The van der Waals surface area contributed by atoms with Gasteiger partial charge in [0.05, 0.1) is 11.0 Å². The molecule has 1 aromatic heterocycles. The van der Waals surface area contributed by atoms with E-state index in [2.05, 4.69) is 58.7 Å². The van der Waals surface area contributed by atoms with Crippen molar-refractivity contribution in [2.75, 3.05) is 6.26 Å². The lowest BCUT2D eigenvalue weighted by Gasteiger charge is -2.09. The summed E-state index contributed by atoms with van der Waals surface area (Å²) < 4.78 is 5.74. The smallest absolute Gasteiger partial charge is 0.277 e. The summed E-state index contributed by atoms with van der Waals surface area (Å²) in [5.74, 6) is 1.44. The van der Waals surface area contributed by atoms with Crippen LogP contribution in [0, 0.1) is 0 Å². The summed E-state index contributed by atoms with van der Waals surface area (Å²) in [6, 6.07) is 17.1. The molecule has 0 aliphatic heterocycles. The van der Waals surface area contributed by atoms with Crippen molar-refractivity contribution in [3.05, 3.63) is 65.5 Å². The second kappa shape index (κ2) is 5.82. The van der Waals surface area contributed by atoms with Crippen LogP contribution in [0.25, 0.3) is 11.1 Å². The highest BCUT2D eigenvalue weighted by Gasteiger charge is 2.30. The van der Waals surface area contributed by atoms with Crippen molar-refractivity contribution >= 4 is 23.5 Å². The minimum Gasteiger partial charge on any atom is -0.415 e. The van der Waals surface area contributed by atoms with Crippen LogP contribution in [0.5, 0.6) is 0 Å². The van der Waals surface area contributed by atoms with Crippen molar-refractivity contribution < 1.29 is 4.42 Å². The van der Waals surface area contributed by atoms with E-state index >= 15 is 0 Å². The van der Waals surface area contributed by atoms with Crippen LogP contribution in [0.4, 0.5) is 0 Å². The van der Waals surface area contributed by atoms with Crippen LogP contribution in [-0.2, 0) is 5.75 Å². The molecule has 0 unspecified atom stereocenters. The lowest BCUT2D eigenvalue weighted by Crippen LogP contribution is -1.91. The summed E-state index contributed by atoms with van der Waals surface area (Å²) in [6.07, 6.45) is 2.03. The number of benzene rings is 2. The number of rotatable bonds is 4. The summed E-state index contributed by atoms with van der Waals surface area (Å²) in [5.41, 5.74) is 5.25. The van der Waals surface area contributed by atoms with Gasteiger partial charge < -0.3 is 4.42 Å². The fourth-order valence-corrected chi connectivity index (χ4v) is 4.27. The molecule has 110 valence electrons. The quantitative estimate of drug-likeness (QED) is 0.689. The SMILES string of the molecule is CSCc1nnc(SC2c3ccccc3-c3ccccc32)o1. The number of nitrogens with zero attached hydrogens (tertiary/aromatic N) is 2. The highest BCUT2D eigenvalue weighted by atomic mass is 32.2. The molecule has 0 bridgehead atoms. The lowest BCUT2D eigenvalue weighted by atomic mass is 10.1. The van der Waals surface area contributed by atoms with Gasteiger partial charge in [-0.25, -0.2) is 0 Å². The van der Waals surface area contributed by atoms with Crippen molar-refractivity contribution in [2.24, 2.45) is 0 Å². The van der Waals surface area contributed by atoms with E-state index in [4.69, 9.17) is 4.42 Å². The highest BCUT2D eigenvalue weighted by Crippen LogP contribution is 2.51. The molecule has 0 N–H and O–H groups in total. The molecule has 0 atom stereocenters. The molecule has 0 radical (unpaired) electrons. The summed E-state index contributed by atoms with van der Waals surface area (Å²) in [4.78, 5) is 0. The van der Waals surface area contributed by atoms with Crippen LogP contribution in [0.1, 0.15) is 22.3 Å². The molecule has 3 aromatic rings. The molecule has 0 fully saturated rings. The van der Waals surface area contributed by atoms with Crippen LogP contribution in [0.15, 0.2) is 58.2 Å². The second-order valence-corrected chi connectivity index (χ2v) is 6.99. The zero-order valence-electron chi connectivity index (χ0n) is 12.0. The molecule has 4 rings (SSSR count). The van der Waals surface area contributed by atoms with Gasteiger partial charge in [-0.2, -0.15) is 11.8 Å². The van der Waals surface area contributed by atoms with Gasteiger partial charge in [0.15, 0.2) is 0 Å². The molecule has 3 nitrogen and oxygen atoms in total. The normalized spacial score (nSPS) is 13.1. The first kappa shape index (κ1) is 13.9. The van der Waals surface area contributed by atoms with E-state index in [0.29, 0.717) is 11.1 Å². The average Bonchev–Trinajstić information content (AvgIpc) is 3.12. The van der Waals surface area contributed by atoms with E-state index in [9.17, 15) is 0 Å². The van der Waals surface area contributed by atoms with Gasteiger partial charge in [-0.1, -0.05) is 60.3 Å². The van der Waals surface area contributed by atoms with Gasteiger partial charge in [-0.3, -0.25) is 0 Å². The number of aromatic nitrogens is 2. The summed E-state index contributed by atoms with van der Waals surface area (Å²) >= 11 is 3.32. The van der Waals surface area contributed by atoms with Crippen molar-refractivity contribution in [1.29, 1.82) is 0 Å². The van der Waals surface area contributed by atoms with Crippen LogP contribution in [-0.4, -0.2) is 16.5 Å². The summed E-state index contributed by atoms with van der Waals surface area (Å²) in [5, 5.41) is 9.14. The molecular weight excluding hydrogens is 312 g/mol. The fraction of sp³-hybridized carbons (Fsp3) is 0.176. The number of hydrogen-bond donors (Lipinski definition) is 0. The number of hydrogen-bond acceptors (Lipinski definition) is 5. The third-order valence-corrected chi connectivity index (χ3v) is 5.36. The largest absolute Gasteiger partial charge is 0.415 e. The highest BCUT2D eigenvalue weighted by molar-refractivity contribution is 7.99. The molecule has 22 heavy (non-hydrogen) atoms. The molecule has 0 saturated carbocycles. The molecule has 0 spiro atoms. The fourth-order valence-electron chi connectivity index (χ4n) is 2.80. The Morgan fingerprint density at radius 2 is 1.59 bits per heavy atom. The third-order valence-electron chi connectivity index (χ3n) is 3.71. The van der Waals surface area contributed by atoms with Gasteiger partial charge in [-0.15, -0.1) is 10.2 Å². The molecule has 1 heterocycles. The van der Waals surface area contributed by atoms with Gasteiger partial charge >= 0.3 is 0 Å². The van der Waals surface area contributed by atoms with Crippen LogP contribution in [0.2, 0.25) is 0 Å². The van der Waals surface area contributed by atoms with Crippen LogP contribution < -0.4 is 0 Å². The first-order chi connectivity index (χ1) is 10.9. The Morgan fingerprint density at radius 1 is 0.955 bits per heavy atom. The van der Waals surface area contributed by atoms with Crippen molar-refractivity contribution in [1.82, 2.24) is 10.2 Å². The Morgan fingerprint density at radius 3 is 2.23 bits per heavy atom. The predicted octanol–water partition coefficient (Wildman–Crippen LogP) is 4.79. The lowest BCUT2D eigenvalue weighted by molar-refractivity contribution is 0.426. The van der Waals surface area contributed by atoms with E-state index in [1.807, 2.05) is 6.26 Å². The van der Waals surface area contributed by atoms with Gasteiger partial charge in [0.25, 0.3) is 5.22 Å². The van der Waals surface area contributed by atoms with Crippen LogP contribution >= 0.6 is 23.5 Å². The van der Waals surface area contributed by atoms with Crippen molar-refractivity contribution in [3.8, 4) is 11.1 Å². The zero-order chi connectivity index (χ0) is 14.9. The summed E-state index contributed by atoms with van der Waals surface area (Å²) in [6.45, 7) is 0. The molecule has 5 heteroatoms. The van der Waals surface area contributed by atoms with Gasteiger partial charge in [0.2, 0.25) is 5.89 Å². The molecule has 1 aliphatic carbocycles. The van der Waals surface area contributed by atoms with Gasteiger partial charge in [0, 0.05) is 0 Å². The molecule has 1 aliphatic rings. The van der Waals surface area contributed by atoms with E-state index < -0.39 is 0 Å². The Bertz CT molecular complexity index is 770. The molecule has 0 saturated heterocycles. The second-order valence-electron chi connectivity index (χ2n) is 5.07. The number of fused-ring (bicyclic) bond motifs is 3. The standard InChI is InChI=1S/C17H14N2OS2/c1-21-10-15-18-19-17(20-15)22-16-13-8-4-2-6-11(13)12-7-3-5-9-14(12)16/h2-9,16H,10H2,1H3. The topological polar surface area (TPSA) is 38.9 Å². The maximum atomic E-state index is 5.74. The predicted molar refractivity (Wildman–Crippen MR) is 91.1 cm³/mol. The van der Waals surface area contributed by atoms with E-state index in [1.54, 1.807) is 23.5 Å². The van der Waals surface area contributed by atoms with Gasteiger partial charge in [-0.05, 0) is 28.5 Å². The van der Waals surface area contributed by atoms with E-state index in [-0.39, 0.29) is 5.25 Å². The minimum absolute atomic E-state index is 0.218. The van der Waals surface area contributed by atoms with E-state index in [0.717, 1.165) is 5.75 Å². The first-order valence-electron chi connectivity index (χ1n) is 7.03. The first-order valence-corrected chi connectivity index (χ1v) is 9.30. The maximum Gasteiger partial charge on any atom is 0.277 e. The molecule has 0 amide bonds. The maximum absolute atomic E-state index is 5.74. The Kier molecular flexibility index (Phi) is 3.68. The van der Waals surface area contributed by atoms with Crippen LogP contribution in [0.3, 0.4) is 0 Å². The van der Waals surface area contributed by atoms with E-state index in [1.165, 1.54) is 22.3 Å². The molecule has 2 aromatic carbocycles. The average molecular weight is 326 g/mol.